The van der Waals surface area contributed by atoms with E-state index in [0.29, 0.717) is 22.4 Å². The fraction of sp³-hybridized carbons (Fsp3) is 0.467. The molecule has 1 aromatic carbocycles. The maximum absolute atomic E-state index is 12.5. The number of amides is 3. The summed E-state index contributed by atoms with van der Waals surface area (Å²) in [5, 5.41) is 3.64. The molecule has 1 aliphatic heterocycles. The highest BCUT2D eigenvalue weighted by atomic mass is 35.5. The molecule has 1 heterocycles. The van der Waals surface area contributed by atoms with Crippen LogP contribution in [0.15, 0.2) is 18.2 Å². The molecule has 6 heteroatoms. The second-order valence-corrected chi connectivity index (χ2v) is 6.81. The molecule has 1 atom stereocenters. The normalized spacial score (nSPS) is 22.1. The molecule has 114 valence electrons. The van der Waals surface area contributed by atoms with Crippen molar-refractivity contribution in [3.05, 3.63) is 33.8 Å². The summed E-state index contributed by atoms with van der Waals surface area (Å²) in [6.07, 6.45) is 0.607. The number of nitrogens with one attached hydrogen (secondary N) is 1. The summed E-state index contributed by atoms with van der Waals surface area (Å²) in [7, 11) is 0. The number of rotatable bonds is 4. The van der Waals surface area contributed by atoms with E-state index in [1.165, 1.54) is 4.90 Å². The minimum absolute atomic E-state index is 0.190. The smallest absolute Gasteiger partial charge is 0.323 e. The van der Waals surface area contributed by atoms with Crippen LogP contribution in [-0.4, -0.2) is 22.4 Å². The van der Waals surface area contributed by atoms with Crippen LogP contribution < -0.4 is 5.32 Å². The SMILES string of the molecule is CC(C)CC1(C)NC(=O)N(Cc2ccc(Cl)c(Cl)c2)C1=O. The lowest BCUT2D eigenvalue weighted by atomic mass is 9.91. The highest BCUT2D eigenvalue weighted by molar-refractivity contribution is 6.42. The van der Waals surface area contributed by atoms with Gasteiger partial charge < -0.3 is 5.32 Å². The van der Waals surface area contributed by atoms with Crippen LogP contribution in [0, 0.1) is 5.92 Å². The van der Waals surface area contributed by atoms with Gasteiger partial charge in [0, 0.05) is 0 Å². The summed E-state index contributed by atoms with van der Waals surface area (Å²) < 4.78 is 0. The average Bonchev–Trinajstić information content (AvgIpc) is 2.56. The first-order valence-corrected chi connectivity index (χ1v) is 7.56. The van der Waals surface area contributed by atoms with Crippen molar-refractivity contribution in [3.63, 3.8) is 0 Å². The molecule has 0 aliphatic carbocycles. The summed E-state index contributed by atoms with van der Waals surface area (Å²) >= 11 is 11.8. The second-order valence-electron chi connectivity index (χ2n) is 6.00. The minimum atomic E-state index is -0.832. The predicted molar refractivity (Wildman–Crippen MR) is 83.4 cm³/mol. The van der Waals surface area contributed by atoms with Gasteiger partial charge >= 0.3 is 6.03 Å². The van der Waals surface area contributed by atoms with Gasteiger partial charge in [-0.05, 0) is 37.0 Å². The standard InChI is InChI=1S/C15H18Cl2N2O2/c1-9(2)7-15(3)13(20)19(14(21)18-15)8-10-4-5-11(16)12(17)6-10/h4-6,9H,7-8H2,1-3H3,(H,18,21). The van der Waals surface area contributed by atoms with Crippen LogP contribution in [-0.2, 0) is 11.3 Å². The Morgan fingerprint density at radius 1 is 1.24 bits per heavy atom. The number of carbonyl (C=O) groups is 2. The number of imide groups is 1. The number of hydrogen-bond donors (Lipinski definition) is 1. The molecule has 1 aliphatic rings. The third-order valence-corrected chi connectivity index (χ3v) is 4.23. The molecule has 0 aromatic heterocycles. The summed E-state index contributed by atoms with van der Waals surface area (Å²) in [5.41, 5.74) is -0.0664. The minimum Gasteiger partial charge on any atom is -0.323 e. The molecule has 0 bridgehead atoms. The van der Waals surface area contributed by atoms with Gasteiger partial charge in [0.05, 0.1) is 16.6 Å². The van der Waals surface area contributed by atoms with Gasteiger partial charge in [-0.1, -0.05) is 43.1 Å². The quantitative estimate of drug-likeness (QED) is 0.853. The fourth-order valence-corrected chi connectivity index (χ4v) is 2.99. The van der Waals surface area contributed by atoms with Gasteiger partial charge in [0.25, 0.3) is 5.91 Å². The van der Waals surface area contributed by atoms with Crippen molar-refractivity contribution in [2.45, 2.75) is 39.3 Å². The average molecular weight is 329 g/mol. The highest BCUT2D eigenvalue weighted by Crippen LogP contribution is 2.28. The van der Waals surface area contributed by atoms with E-state index in [1.807, 2.05) is 13.8 Å². The first kappa shape index (κ1) is 16.1. The molecule has 1 aromatic rings. The van der Waals surface area contributed by atoms with Crippen LogP contribution >= 0.6 is 23.2 Å². The van der Waals surface area contributed by atoms with Gasteiger partial charge in [-0.3, -0.25) is 9.69 Å². The first-order chi connectivity index (χ1) is 9.73. The van der Waals surface area contributed by atoms with Gasteiger partial charge in [-0.15, -0.1) is 0 Å². The Kier molecular flexibility index (Phi) is 4.49. The fourth-order valence-electron chi connectivity index (χ4n) is 2.67. The lowest BCUT2D eigenvalue weighted by Crippen LogP contribution is -2.44. The van der Waals surface area contributed by atoms with Crippen molar-refractivity contribution in [2.75, 3.05) is 0 Å². The zero-order valence-electron chi connectivity index (χ0n) is 12.2. The first-order valence-electron chi connectivity index (χ1n) is 6.81. The molecule has 0 spiro atoms. The maximum atomic E-state index is 12.5. The van der Waals surface area contributed by atoms with Crippen LogP contribution in [0.3, 0.4) is 0 Å². The predicted octanol–water partition coefficient (Wildman–Crippen LogP) is 3.85. The third-order valence-electron chi connectivity index (χ3n) is 3.49. The highest BCUT2D eigenvalue weighted by Gasteiger charge is 2.47. The molecule has 1 fully saturated rings. The summed E-state index contributed by atoms with van der Waals surface area (Å²) in [5.74, 6) is 0.108. The molecule has 1 N–H and O–H groups in total. The van der Waals surface area contributed by atoms with Crippen molar-refractivity contribution in [1.82, 2.24) is 10.2 Å². The van der Waals surface area contributed by atoms with Crippen LogP contribution in [0.1, 0.15) is 32.8 Å². The van der Waals surface area contributed by atoms with E-state index < -0.39 is 5.54 Å². The van der Waals surface area contributed by atoms with E-state index in [4.69, 9.17) is 23.2 Å². The Morgan fingerprint density at radius 2 is 1.90 bits per heavy atom. The zero-order valence-corrected chi connectivity index (χ0v) is 13.8. The molecule has 1 unspecified atom stereocenters. The Bertz CT molecular complexity index is 589. The molecule has 0 radical (unpaired) electrons. The molecular weight excluding hydrogens is 311 g/mol. The Morgan fingerprint density at radius 3 is 2.48 bits per heavy atom. The lowest BCUT2D eigenvalue weighted by Gasteiger charge is -2.23. The van der Waals surface area contributed by atoms with Crippen molar-refractivity contribution < 1.29 is 9.59 Å². The van der Waals surface area contributed by atoms with Crippen molar-refractivity contribution in [3.8, 4) is 0 Å². The van der Waals surface area contributed by atoms with Crippen LogP contribution in [0.5, 0.6) is 0 Å². The van der Waals surface area contributed by atoms with Crippen molar-refractivity contribution >= 4 is 35.1 Å². The van der Waals surface area contributed by atoms with Gasteiger partial charge in [-0.25, -0.2) is 4.79 Å². The number of nitrogens with zero attached hydrogens (tertiary/aromatic N) is 1. The molecule has 1 saturated heterocycles. The number of halogens is 2. The monoisotopic (exact) mass is 328 g/mol. The third kappa shape index (κ3) is 3.33. The topological polar surface area (TPSA) is 49.4 Å². The molecule has 3 amide bonds. The van der Waals surface area contributed by atoms with E-state index in [-0.39, 0.29) is 18.5 Å². The number of hydrogen-bond acceptors (Lipinski definition) is 2. The molecule has 21 heavy (non-hydrogen) atoms. The molecule has 2 rings (SSSR count). The molecule has 0 saturated carbocycles. The Hall–Kier alpha value is -1.26. The Balaban J connectivity index is 2.19. The van der Waals surface area contributed by atoms with Crippen molar-refractivity contribution in [1.29, 1.82) is 0 Å². The van der Waals surface area contributed by atoms with Crippen LogP contribution in [0.25, 0.3) is 0 Å². The van der Waals surface area contributed by atoms with E-state index >= 15 is 0 Å². The summed E-state index contributed by atoms with van der Waals surface area (Å²) in [4.78, 5) is 25.8. The number of benzene rings is 1. The van der Waals surface area contributed by atoms with Gasteiger partial charge in [0.1, 0.15) is 5.54 Å². The summed E-state index contributed by atoms with van der Waals surface area (Å²) in [6.45, 7) is 6.00. The van der Waals surface area contributed by atoms with Crippen molar-refractivity contribution in [2.24, 2.45) is 5.92 Å². The number of carbonyl (C=O) groups excluding carboxylic acids is 2. The molecular formula is C15H18Cl2N2O2. The largest absolute Gasteiger partial charge is 0.325 e. The van der Waals surface area contributed by atoms with E-state index in [9.17, 15) is 9.59 Å². The van der Waals surface area contributed by atoms with Gasteiger partial charge in [0.2, 0.25) is 0 Å². The summed E-state index contributed by atoms with van der Waals surface area (Å²) in [6, 6.07) is 4.72. The van der Waals surface area contributed by atoms with E-state index in [2.05, 4.69) is 5.32 Å². The zero-order chi connectivity index (χ0) is 15.8. The van der Waals surface area contributed by atoms with E-state index in [0.717, 1.165) is 5.56 Å². The van der Waals surface area contributed by atoms with E-state index in [1.54, 1.807) is 25.1 Å². The second kappa shape index (κ2) is 5.85. The van der Waals surface area contributed by atoms with Crippen LogP contribution in [0.4, 0.5) is 4.79 Å². The van der Waals surface area contributed by atoms with Gasteiger partial charge in [-0.2, -0.15) is 0 Å². The van der Waals surface area contributed by atoms with Crippen LogP contribution in [0.2, 0.25) is 10.0 Å². The van der Waals surface area contributed by atoms with Gasteiger partial charge in [0.15, 0.2) is 0 Å². The number of urea groups is 1. The molecule has 4 nitrogen and oxygen atoms in total. The lowest BCUT2D eigenvalue weighted by molar-refractivity contribution is -0.131. The Labute approximate surface area is 134 Å². The maximum Gasteiger partial charge on any atom is 0.325 e.